The molecule has 0 aliphatic heterocycles. The van der Waals surface area contributed by atoms with Gasteiger partial charge in [-0.1, -0.05) is 0 Å². The van der Waals surface area contributed by atoms with Gasteiger partial charge in [-0.15, -0.1) is 0 Å². The Balaban J connectivity index is 4.20. The summed E-state index contributed by atoms with van der Waals surface area (Å²) in [6.07, 6.45) is -2.54. The average molecular weight is 346 g/mol. The smallest absolute Gasteiger partial charge is 0.270 e. The van der Waals surface area contributed by atoms with Crippen molar-refractivity contribution in [2.24, 2.45) is 0 Å². The standard InChI is InChI=1S/C5H9F2IO5S/c6-5(7,3-14(10,11)12)1-4(9)2-13-8/h4,9H,1-3H2,(H,10,11,12). The molecule has 0 spiro atoms. The van der Waals surface area contributed by atoms with E-state index in [1.54, 1.807) is 0 Å². The Hall–Kier alpha value is 0.420. The van der Waals surface area contributed by atoms with E-state index in [0.717, 1.165) is 0 Å². The summed E-state index contributed by atoms with van der Waals surface area (Å²) in [4.78, 5) is 0. The molecule has 0 heterocycles. The van der Waals surface area contributed by atoms with Crippen molar-refractivity contribution < 1.29 is 29.9 Å². The zero-order valence-corrected chi connectivity index (χ0v) is 9.83. The molecule has 0 rings (SSSR count). The first kappa shape index (κ1) is 14.4. The van der Waals surface area contributed by atoms with Gasteiger partial charge in [0.05, 0.1) is 12.7 Å². The van der Waals surface area contributed by atoms with Crippen LogP contribution in [0.2, 0.25) is 0 Å². The molecular weight excluding hydrogens is 337 g/mol. The highest BCUT2D eigenvalue weighted by Crippen LogP contribution is 2.22. The molecule has 1 unspecified atom stereocenters. The molecule has 0 aromatic rings. The van der Waals surface area contributed by atoms with Crippen molar-refractivity contribution in [3.8, 4) is 0 Å². The molecule has 14 heavy (non-hydrogen) atoms. The number of rotatable bonds is 6. The van der Waals surface area contributed by atoms with Crippen molar-refractivity contribution in [3.05, 3.63) is 0 Å². The third kappa shape index (κ3) is 7.79. The maximum absolute atomic E-state index is 12.7. The van der Waals surface area contributed by atoms with E-state index in [1.165, 1.54) is 23.0 Å². The van der Waals surface area contributed by atoms with E-state index in [1.807, 2.05) is 0 Å². The Morgan fingerprint density at radius 3 is 2.36 bits per heavy atom. The molecule has 0 saturated heterocycles. The van der Waals surface area contributed by atoms with Gasteiger partial charge in [0.25, 0.3) is 16.0 Å². The third-order valence-corrected chi connectivity index (χ3v) is 2.33. The summed E-state index contributed by atoms with van der Waals surface area (Å²) in [5, 5.41) is 8.90. The predicted octanol–water partition coefficient (Wildman–Crippen LogP) is 0.627. The molecule has 0 aromatic carbocycles. The van der Waals surface area contributed by atoms with Gasteiger partial charge in [-0.25, -0.2) is 8.78 Å². The number of hydrogen-bond donors (Lipinski definition) is 2. The monoisotopic (exact) mass is 346 g/mol. The molecule has 0 bridgehead atoms. The second kappa shape index (κ2) is 5.49. The Labute approximate surface area is 93.9 Å². The van der Waals surface area contributed by atoms with E-state index >= 15 is 0 Å². The zero-order chi connectivity index (χ0) is 11.4. The number of aliphatic hydroxyl groups is 1. The van der Waals surface area contributed by atoms with Crippen molar-refractivity contribution in [1.29, 1.82) is 0 Å². The van der Waals surface area contributed by atoms with E-state index < -0.39 is 34.3 Å². The number of aliphatic hydroxyl groups excluding tert-OH is 1. The average Bonchev–Trinajstić information content (AvgIpc) is 1.78. The quantitative estimate of drug-likeness (QED) is 0.544. The van der Waals surface area contributed by atoms with Crippen LogP contribution < -0.4 is 0 Å². The van der Waals surface area contributed by atoms with E-state index in [2.05, 4.69) is 3.07 Å². The summed E-state index contributed by atoms with van der Waals surface area (Å²) >= 11 is 1.41. The van der Waals surface area contributed by atoms with Crippen LogP contribution in [-0.2, 0) is 13.2 Å². The molecule has 2 N–H and O–H groups in total. The molecular formula is C5H9F2IO5S. The number of alkyl halides is 2. The molecule has 9 heteroatoms. The topological polar surface area (TPSA) is 83.8 Å². The van der Waals surface area contributed by atoms with Crippen molar-refractivity contribution in [3.63, 3.8) is 0 Å². The first-order chi connectivity index (χ1) is 6.16. The molecule has 0 fully saturated rings. The molecule has 0 amide bonds. The molecule has 0 saturated carbocycles. The molecule has 0 aliphatic rings. The third-order valence-electron chi connectivity index (χ3n) is 1.18. The lowest BCUT2D eigenvalue weighted by Gasteiger charge is -2.17. The van der Waals surface area contributed by atoms with Crippen LogP contribution in [0, 0.1) is 0 Å². The van der Waals surface area contributed by atoms with E-state index in [9.17, 15) is 17.2 Å². The normalized spacial score (nSPS) is 15.5. The molecule has 0 radical (unpaired) electrons. The largest absolute Gasteiger partial charge is 0.390 e. The van der Waals surface area contributed by atoms with Crippen LogP contribution in [0.3, 0.4) is 0 Å². The second-order valence-electron chi connectivity index (χ2n) is 2.72. The predicted molar refractivity (Wildman–Crippen MR) is 52.0 cm³/mol. The van der Waals surface area contributed by atoms with Crippen LogP contribution >= 0.6 is 23.0 Å². The van der Waals surface area contributed by atoms with Crippen molar-refractivity contribution in [2.75, 3.05) is 12.4 Å². The lowest BCUT2D eigenvalue weighted by molar-refractivity contribution is -0.0327. The van der Waals surface area contributed by atoms with Gasteiger partial charge in [0.15, 0.2) is 0 Å². The minimum absolute atomic E-state index is 0.332. The fourth-order valence-corrected chi connectivity index (χ4v) is 1.87. The van der Waals surface area contributed by atoms with E-state index in [-0.39, 0.29) is 6.61 Å². The number of hydrogen-bond acceptors (Lipinski definition) is 4. The Morgan fingerprint density at radius 2 is 2.00 bits per heavy atom. The molecule has 0 aromatic heterocycles. The first-order valence-electron chi connectivity index (χ1n) is 3.41. The molecule has 0 aliphatic carbocycles. The van der Waals surface area contributed by atoms with Crippen LogP contribution in [-0.4, -0.2) is 42.5 Å². The fourth-order valence-electron chi connectivity index (χ4n) is 0.802. The highest BCUT2D eigenvalue weighted by molar-refractivity contribution is 14.1. The molecule has 5 nitrogen and oxygen atoms in total. The zero-order valence-electron chi connectivity index (χ0n) is 6.86. The van der Waals surface area contributed by atoms with Gasteiger partial charge in [0, 0.05) is 6.42 Å². The number of halogens is 3. The van der Waals surface area contributed by atoms with Gasteiger partial charge in [-0.3, -0.25) is 4.55 Å². The first-order valence-corrected chi connectivity index (χ1v) is 5.90. The van der Waals surface area contributed by atoms with E-state index in [4.69, 9.17) is 9.66 Å². The fraction of sp³-hybridized carbons (Fsp3) is 1.00. The summed E-state index contributed by atoms with van der Waals surface area (Å²) in [6.45, 7) is -0.332. The summed E-state index contributed by atoms with van der Waals surface area (Å²) < 4.78 is 58.3. The molecule has 1 atom stereocenters. The minimum Gasteiger partial charge on any atom is -0.390 e. The van der Waals surface area contributed by atoms with Crippen LogP contribution in [0.15, 0.2) is 0 Å². The maximum atomic E-state index is 12.7. The lowest BCUT2D eigenvalue weighted by Crippen LogP contribution is -2.33. The van der Waals surface area contributed by atoms with Gasteiger partial charge in [-0.2, -0.15) is 8.42 Å². The Bertz CT molecular complexity index is 267. The van der Waals surface area contributed by atoms with Gasteiger partial charge >= 0.3 is 0 Å². The Morgan fingerprint density at radius 1 is 1.50 bits per heavy atom. The highest BCUT2D eigenvalue weighted by atomic mass is 127. The summed E-state index contributed by atoms with van der Waals surface area (Å²) in [5.74, 6) is -5.36. The van der Waals surface area contributed by atoms with E-state index in [0.29, 0.717) is 0 Å². The minimum atomic E-state index is -4.75. The van der Waals surface area contributed by atoms with Gasteiger partial charge in [0.2, 0.25) is 0 Å². The SMILES string of the molecule is O=S(=O)(O)CC(F)(F)CC(O)COI. The van der Waals surface area contributed by atoms with Gasteiger partial charge in [0.1, 0.15) is 28.8 Å². The van der Waals surface area contributed by atoms with Gasteiger partial charge < -0.3 is 8.17 Å². The van der Waals surface area contributed by atoms with Crippen LogP contribution in [0.25, 0.3) is 0 Å². The van der Waals surface area contributed by atoms with Crippen LogP contribution in [0.4, 0.5) is 8.78 Å². The second-order valence-corrected chi connectivity index (χ2v) is 4.79. The van der Waals surface area contributed by atoms with Gasteiger partial charge in [-0.05, 0) is 0 Å². The van der Waals surface area contributed by atoms with Crippen LogP contribution in [0.5, 0.6) is 0 Å². The summed E-state index contributed by atoms with van der Waals surface area (Å²) in [7, 11) is -4.75. The highest BCUT2D eigenvalue weighted by Gasteiger charge is 2.37. The van der Waals surface area contributed by atoms with Crippen molar-refractivity contribution >= 4 is 33.1 Å². The maximum Gasteiger partial charge on any atom is 0.270 e. The van der Waals surface area contributed by atoms with Crippen molar-refractivity contribution in [2.45, 2.75) is 18.4 Å². The Kier molecular flexibility index (Phi) is 5.65. The molecule has 86 valence electrons. The van der Waals surface area contributed by atoms with Crippen molar-refractivity contribution in [1.82, 2.24) is 0 Å². The lowest BCUT2D eigenvalue weighted by atomic mass is 10.2. The summed E-state index contributed by atoms with van der Waals surface area (Å²) in [5.41, 5.74) is 0. The van der Waals surface area contributed by atoms with Crippen LogP contribution in [0.1, 0.15) is 6.42 Å². The summed E-state index contributed by atoms with van der Waals surface area (Å²) in [6, 6.07) is 0.